The summed E-state index contributed by atoms with van der Waals surface area (Å²) in [4.78, 5) is 68.6. The number of carbonyl (C=O) groups is 4. The van der Waals surface area contributed by atoms with E-state index in [1.807, 2.05) is 125 Å². The van der Waals surface area contributed by atoms with E-state index in [9.17, 15) is 0 Å². The molecule has 15 rings (SSSR count). The Morgan fingerprint density at radius 3 is 0.615 bits per heavy atom. The molecule has 0 aliphatic carbocycles. The van der Waals surface area contributed by atoms with Gasteiger partial charge in [0, 0.05) is 77.8 Å². The molecule has 2 atom stereocenters. The Morgan fingerprint density at radius 2 is 0.443 bits per heavy atom. The van der Waals surface area contributed by atoms with E-state index in [4.69, 9.17) is 37.9 Å². The number of fused-ring (bicyclic) bond motifs is 2. The highest BCUT2D eigenvalue weighted by molar-refractivity contribution is 6.45. The predicted octanol–water partition coefficient (Wildman–Crippen LogP) is 27.4. The maximum atomic E-state index is 16.4. The van der Waals surface area contributed by atoms with Crippen molar-refractivity contribution in [2.45, 2.75) is 184 Å². The lowest BCUT2D eigenvalue weighted by Crippen LogP contribution is -2.43. The standard InChI is InChI=1S/C108H114N2O12/c1-17-25-27-67(19-3)65-109-101(111)85-61-89(119-81-53-37-73(38-54-81)105(9,10)69-29-45-77(46-30-69)115-21-5)95-97-91(121-83-57-41-75(42-58-83)107(13,14)71-33-49-79(50-34-71)117-23-7)63-87-94-88(104(114)110(103(87)113)66-68(20-4)28-26-18-2)64-92(122-84-59-43-76(44-60-84)108(15,16)72-35-51-80(52-36-72)118-24-8)98(100(94)97)96-90(62-86(102(109)112)93(85)99(95)96)120-82-55-39-74(40-56-82)106(11,12)70-31-47-78(48-32-70)116-22-6/h29-64,67-68H,17-28,65-66H2,1-16H3. The van der Waals surface area contributed by atoms with E-state index in [2.05, 4.69) is 180 Å². The molecule has 122 heavy (non-hydrogen) atoms. The van der Waals surface area contributed by atoms with E-state index in [0.717, 1.165) is 119 Å². The fraction of sp³-hybridized carbons (Fsp3) is 0.333. The van der Waals surface area contributed by atoms with Gasteiger partial charge in [-0.25, -0.2) is 0 Å². The fourth-order valence-electron chi connectivity index (χ4n) is 18.1. The lowest BCUT2D eigenvalue weighted by atomic mass is 9.78. The van der Waals surface area contributed by atoms with Gasteiger partial charge in [0.15, 0.2) is 0 Å². The van der Waals surface area contributed by atoms with Crippen LogP contribution in [0.2, 0.25) is 0 Å². The van der Waals surface area contributed by atoms with Crippen molar-refractivity contribution in [1.29, 1.82) is 0 Å². The minimum atomic E-state index is -0.478. The number of hydrogen-bond donors (Lipinski definition) is 0. The Kier molecular flexibility index (Phi) is 24.4. The second-order valence-corrected chi connectivity index (χ2v) is 34.8. The third-order valence-electron chi connectivity index (χ3n) is 25.8. The molecule has 13 aromatic carbocycles. The molecule has 2 aliphatic heterocycles. The number of carbonyl (C=O) groups excluding carboxylic acids is 4. The summed E-state index contributed by atoms with van der Waals surface area (Å²) < 4.78 is 53.9. The molecule has 0 saturated heterocycles. The van der Waals surface area contributed by atoms with Gasteiger partial charge in [-0.15, -0.1) is 0 Å². The zero-order chi connectivity index (χ0) is 86.1. The molecule has 628 valence electrons. The Labute approximate surface area is 718 Å². The molecule has 4 amide bonds. The average Bonchev–Trinajstić information content (AvgIpc) is 0.670. The van der Waals surface area contributed by atoms with Crippen LogP contribution in [0.4, 0.5) is 0 Å². The highest BCUT2D eigenvalue weighted by Crippen LogP contribution is 2.59. The molecule has 0 spiro atoms. The second kappa shape index (κ2) is 35.1. The minimum absolute atomic E-state index is 0.00410. The van der Waals surface area contributed by atoms with Gasteiger partial charge in [0.2, 0.25) is 0 Å². The molecule has 2 heterocycles. The summed E-state index contributed by atoms with van der Waals surface area (Å²) in [5.41, 5.74) is 7.43. The lowest BCUT2D eigenvalue weighted by Gasteiger charge is -2.34. The molecule has 14 heteroatoms. The maximum Gasteiger partial charge on any atom is 0.261 e. The first-order valence-corrected chi connectivity index (χ1v) is 43.9. The number of amides is 4. The molecule has 0 N–H and O–H groups in total. The molecule has 0 aromatic heterocycles. The van der Waals surface area contributed by atoms with Crippen LogP contribution in [0, 0.1) is 11.8 Å². The van der Waals surface area contributed by atoms with E-state index < -0.39 is 45.3 Å². The van der Waals surface area contributed by atoms with Crippen molar-refractivity contribution in [3.8, 4) is 69.0 Å². The molecule has 13 aromatic rings. The first-order valence-electron chi connectivity index (χ1n) is 43.9. The van der Waals surface area contributed by atoms with Crippen LogP contribution in [0.25, 0.3) is 43.1 Å². The zero-order valence-electron chi connectivity index (χ0n) is 73.6. The largest absolute Gasteiger partial charge is 0.494 e. The quantitative estimate of drug-likeness (QED) is 0.0209. The third-order valence-corrected chi connectivity index (χ3v) is 25.8. The molecule has 2 aliphatic rings. The minimum Gasteiger partial charge on any atom is -0.494 e. The van der Waals surface area contributed by atoms with Crippen molar-refractivity contribution in [3.63, 3.8) is 0 Å². The Balaban J connectivity index is 1.04. The maximum absolute atomic E-state index is 16.4. The molecule has 0 saturated carbocycles. The van der Waals surface area contributed by atoms with Crippen LogP contribution < -0.4 is 37.9 Å². The van der Waals surface area contributed by atoms with E-state index in [0.29, 0.717) is 92.5 Å². The summed E-state index contributed by atoms with van der Waals surface area (Å²) in [7, 11) is 0. The van der Waals surface area contributed by atoms with Gasteiger partial charge in [0.25, 0.3) is 23.6 Å². The van der Waals surface area contributed by atoms with E-state index in [1.165, 1.54) is 9.80 Å². The Hall–Kier alpha value is -12.2. The van der Waals surface area contributed by atoms with Crippen LogP contribution in [0.5, 0.6) is 69.0 Å². The number of ether oxygens (including phenoxy) is 8. The van der Waals surface area contributed by atoms with Crippen molar-refractivity contribution < 1.29 is 57.1 Å². The highest BCUT2D eigenvalue weighted by Gasteiger charge is 2.43. The van der Waals surface area contributed by atoms with Gasteiger partial charge in [-0.3, -0.25) is 29.0 Å². The van der Waals surface area contributed by atoms with E-state index >= 15 is 19.2 Å². The number of hydrogen-bond acceptors (Lipinski definition) is 12. The number of rotatable bonds is 36. The monoisotopic (exact) mass is 1630 g/mol. The topological polar surface area (TPSA) is 149 Å². The van der Waals surface area contributed by atoms with Crippen LogP contribution in [-0.2, 0) is 21.7 Å². The Bertz CT molecular complexity index is 5280. The first-order chi connectivity index (χ1) is 58.8. The molecule has 14 nitrogen and oxygen atoms in total. The SMILES string of the molecule is CCCCC(CC)CN1C(=O)c2cc(Oc3ccc(C(C)(C)c4ccc(OCC)cc4)cc3)c3c4c(Oc5ccc(C(C)(C)c6ccc(OCC)cc6)cc5)cc5c6c(cc(Oc7ccc(C(C)(C)c8ccc(OCC)cc8)cc7)c(c7c(Oc8ccc(C(C)(C)c9ccc(OCC)cc9)cc8)cc(c2c37)C1=O)c64)C(=O)N(CC(CC)CCCC)C5=O. The summed E-state index contributed by atoms with van der Waals surface area (Å²) >= 11 is 0. The zero-order valence-corrected chi connectivity index (χ0v) is 73.6. The van der Waals surface area contributed by atoms with Crippen molar-refractivity contribution in [3.05, 3.63) is 285 Å². The Morgan fingerprint density at radius 1 is 0.254 bits per heavy atom. The van der Waals surface area contributed by atoms with Crippen LogP contribution in [-0.4, -0.2) is 72.9 Å². The normalized spacial score (nSPS) is 13.7. The fourth-order valence-corrected chi connectivity index (χ4v) is 18.1. The molecule has 0 fully saturated rings. The molecule has 0 radical (unpaired) electrons. The summed E-state index contributed by atoms with van der Waals surface area (Å²) in [5, 5.41) is 3.34. The van der Waals surface area contributed by atoms with Crippen molar-refractivity contribution in [2.24, 2.45) is 11.8 Å². The lowest BCUT2D eigenvalue weighted by molar-refractivity contribution is 0.0565. The number of imide groups is 2. The third kappa shape index (κ3) is 16.2. The summed E-state index contributed by atoms with van der Waals surface area (Å²) in [6.07, 6.45) is 6.84. The van der Waals surface area contributed by atoms with E-state index in [1.54, 1.807) is 24.3 Å². The van der Waals surface area contributed by atoms with Crippen molar-refractivity contribution in [1.82, 2.24) is 9.80 Å². The summed E-state index contributed by atoms with van der Waals surface area (Å²) in [5.74, 6) is 3.99. The smallest absolute Gasteiger partial charge is 0.261 e. The van der Waals surface area contributed by atoms with Crippen molar-refractivity contribution in [2.75, 3.05) is 39.5 Å². The van der Waals surface area contributed by atoms with Gasteiger partial charge in [0.1, 0.15) is 69.0 Å². The molecule has 0 bridgehead atoms. The molecular weight excluding hydrogens is 1520 g/mol. The first kappa shape index (κ1) is 84.8. The summed E-state index contributed by atoms with van der Waals surface area (Å²) in [6.45, 7) is 36.5. The second-order valence-electron chi connectivity index (χ2n) is 34.8. The van der Waals surface area contributed by atoms with Gasteiger partial charge in [-0.05, 0) is 218 Å². The van der Waals surface area contributed by atoms with Gasteiger partial charge >= 0.3 is 0 Å². The van der Waals surface area contributed by atoms with Gasteiger partial charge in [-0.2, -0.15) is 0 Å². The van der Waals surface area contributed by atoms with Crippen LogP contribution in [0.3, 0.4) is 0 Å². The highest BCUT2D eigenvalue weighted by atomic mass is 16.5. The number of unbranched alkanes of at least 4 members (excludes halogenated alkanes) is 2. The number of benzene rings is 13. The van der Waals surface area contributed by atoms with Gasteiger partial charge < -0.3 is 37.9 Å². The molecule has 2 unspecified atom stereocenters. The van der Waals surface area contributed by atoms with Crippen LogP contribution in [0.1, 0.15) is 248 Å². The van der Waals surface area contributed by atoms with Crippen LogP contribution >= 0.6 is 0 Å². The summed E-state index contributed by atoms with van der Waals surface area (Å²) in [6, 6.07) is 72.1. The average molecular weight is 1630 g/mol. The predicted molar refractivity (Wildman–Crippen MR) is 490 cm³/mol. The van der Waals surface area contributed by atoms with Crippen LogP contribution in [0.15, 0.2) is 218 Å². The van der Waals surface area contributed by atoms with Gasteiger partial charge in [0.05, 0.1) is 48.7 Å². The van der Waals surface area contributed by atoms with E-state index in [-0.39, 0.29) is 70.2 Å². The van der Waals surface area contributed by atoms with Gasteiger partial charge in [-0.1, -0.05) is 219 Å². The number of nitrogens with zero attached hydrogens (tertiary/aromatic N) is 2. The molecular formula is C108H114N2O12. The van der Waals surface area contributed by atoms with Crippen molar-refractivity contribution >= 4 is 66.7 Å².